The molecule has 2 rings (SSSR count). The molecule has 0 amide bonds. The Morgan fingerprint density at radius 1 is 1.40 bits per heavy atom. The molecule has 1 atom stereocenters. The molecular formula is C15H28IN5O2S2. The van der Waals surface area contributed by atoms with E-state index in [0.717, 1.165) is 36.5 Å². The van der Waals surface area contributed by atoms with Crippen molar-refractivity contribution in [3.8, 4) is 0 Å². The predicted molar refractivity (Wildman–Crippen MR) is 115 cm³/mol. The lowest BCUT2D eigenvalue weighted by atomic mass is 10.2. The third-order valence-electron chi connectivity index (χ3n) is 4.18. The summed E-state index contributed by atoms with van der Waals surface area (Å²) < 4.78 is 25.1. The molecule has 0 aromatic carbocycles. The molecule has 1 aliphatic rings. The lowest BCUT2D eigenvalue weighted by Crippen LogP contribution is -2.46. The summed E-state index contributed by atoms with van der Waals surface area (Å²) in [6, 6.07) is 0.00260. The predicted octanol–water partition coefficient (Wildman–Crippen LogP) is 1.51. The third kappa shape index (κ3) is 6.65. The van der Waals surface area contributed by atoms with Crippen LogP contribution < -0.4 is 10.6 Å². The highest BCUT2D eigenvalue weighted by Gasteiger charge is 2.31. The number of aryl methyl sites for hydroxylation is 2. The molecule has 0 bridgehead atoms. The highest BCUT2D eigenvalue weighted by molar-refractivity contribution is 14.0. The summed E-state index contributed by atoms with van der Waals surface area (Å²) in [5.74, 6) is 0.695. The lowest BCUT2D eigenvalue weighted by Gasteiger charge is -2.23. The minimum atomic E-state index is -3.13. The molecule has 0 radical (unpaired) electrons. The second kappa shape index (κ2) is 10.0. The van der Waals surface area contributed by atoms with E-state index in [1.54, 1.807) is 22.7 Å². The third-order valence-corrected chi connectivity index (χ3v) is 6.65. The van der Waals surface area contributed by atoms with E-state index in [0.29, 0.717) is 19.0 Å². The van der Waals surface area contributed by atoms with E-state index in [4.69, 9.17) is 0 Å². The first-order valence-corrected chi connectivity index (χ1v) is 10.8. The molecule has 1 fully saturated rings. The van der Waals surface area contributed by atoms with E-state index >= 15 is 0 Å². The van der Waals surface area contributed by atoms with Gasteiger partial charge < -0.3 is 10.6 Å². The summed E-state index contributed by atoms with van der Waals surface area (Å²) in [6.45, 7) is 6.03. The molecule has 2 N–H and O–H groups in total. The normalized spacial score (nSPS) is 18.9. The average Bonchev–Trinajstić information content (AvgIpc) is 3.09. The van der Waals surface area contributed by atoms with Gasteiger partial charge in [0.15, 0.2) is 5.96 Å². The Bertz CT molecular complexity index is 671. The quantitative estimate of drug-likeness (QED) is 0.351. The molecular weight excluding hydrogens is 473 g/mol. The topological polar surface area (TPSA) is 86.7 Å². The van der Waals surface area contributed by atoms with Gasteiger partial charge in [0, 0.05) is 44.0 Å². The van der Waals surface area contributed by atoms with Gasteiger partial charge in [-0.1, -0.05) is 0 Å². The maximum Gasteiger partial charge on any atom is 0.211 e. The first-order chi connectivity index (χ1) is 11.3. The van der Waals surface area contributed by atoms with E-state index in [9.17, 15) is 8.42 Å². The smallest absolute Gasteiger partial charge is 0.211 e. The molecule has 1 aliphatic heterocycles. The average molecular weight is 501 g/mol. The van der Waals surface area contributed by atoms with Crippen molar-refractivity contribution in [2.75, 3.05) is 32.9 Å². The van der Waals surface area contributed by atoms with Crippen LogP contribution in [0.2, 0.25) is 0 Å². The van der Waals surface area contributed by atoms with Gasteiger partial charge in [-0.15, -0.1) is 35.3 Å². The zero-order valence-electron chi connectivity index (χ0n) is 15.2. The van der Waals surface area contributed by atoms with Crippen molar-refractivity contribution in [2.24, 2.45) is 4.99 Å². The van der Waals surface area contributed by atoms with Crippen LogP contribution in [0.25, 0.3) is 0 Å². The maximum absolute atomic E-state index is 11.8. The highest BCUT2D eigenvalue weighted by Crippen LogP contribution is 2.19. The van der Waals surface area contributed by atoms with Gasteiger partial charge in [-0.25, -0.2) is 13.4 Å². The summed E-state index contributed by atoms with van der Waals surface area (Å²) in [6.07, 6.45) is 3.91. The fourth-order valence-corrected chi connectivity index (χ4v) is 4.93. The minimum Gasteiger partial charge on any atom is -0.356 e. The second-order valence-corrected chi connectivity index (χ2v) is 9.27. The van der Waals surface area contributed by atoms with Crippen LogP contribution >= 0.6 is 35.3 Å². The summed E-state index contributed by atoms with van der Waals surface area (Å²) in [5.41, 5.74) is 1.10. The number of hydrogen-bond donors (Lipinski definition) is 2. The number of thiazole rings is 1. The maximum atomic E-state index is 11.8. The zero-order valence-corrected chi connectivity index (χ0v) is 19.2. The van der Waals surface area contributed by atoms with Crippen LogP contribution in [0, 0.1) is 13.8 Å². The van der Waals surface area contributed by atoms with Gasteiger partial charge in [0.1, 0.15) is 0 Å². The molecule has 0 aliphatic carbocycles. The van der Waals surface area contributed by atoms with Gasteiger partial charge in [-0.2, -0.15) is 4.31 Å². The molecule has 1 saturated heterocycles. The van der Waals surface area contributed by atoms with E-state index in [1.165, 1.54) is 11.1 Å². The summed E-state index contributed by atoms with van der Waals surface area (Å²) in [5, 5.41) is 7.61. The van der Waals surface area contributed by atoms with Gasteiger partial charge in [0.25, 0.3) is 0 Å². The number of halogens is 1. The number of sulfonamides is 1. The van der Waals surface area contributed by atoms with Gasteiger partial charge in [-0.05, 0) is 26.7 Å². The van der Waals surface area contributed by atoms with Gasteiger partial charge in [-0.3, -0.25) is 4.99 Å². The molecule has 0 unspecified atom stereocenters. The summed E-state index contributed by atoms with van der Waals surface area (Å²) in [7, 11) is -1.42. The number of rotatable bonds is 6. The summed E-state index contributed by atoms with van der Waals surface area (Å²) in [4.78, 5) is 9.98. The van der Waals surface area contributed by atoms with Crippen molar-refractivity contribution in [1.29, 1.82) is 0 Å². The number of hydrogen-bond acceptors (Lipinski definition) is 5. The van der Waals surface area contributed by atoms with Crippen molar-refractivity contribution < 1.29 is 8.42 Å². The number of nitrogens with one attached hydrogen (secondary N) is 2. The van der Waals surface area contributed by atoms with Crippen molar-refractivity contribution in [3.05, 3.63) is 15.6 Å². The number of aliphatic imine (C=N–C) groups is 1. The van der Waals surface area contributed by atoms with Crippen molar-refractivity contribution in [1.82, 2.24) is 19.9 Å². The largest absolute Gasteiger partial charge is 0.356 e. The first kappa shape index (κ1) is 22.6. The van der Waals surface area contributed by atoms with E-state index in [-0.39, 0.29) is 30.0 Å². The molecule has 0 spiro atoms. The molecule has 10 heteroatoms. The van der Waals surface area contributed by atoms with Crippen molar-refractivity contribution >= 4 is 51.3 Å². The van der Waals surface area contributed by atoms with Gasteiger partial charge in [0.2, 0.25) is 10.0 Å². The Kier molecular flexibility index (Phi) is 9.05. The zero-order chi connectivity index (χ0) is 17.7. The Morgan fingerprint density at radius 2 is 2.12 bits per heavy atom. The highest BCUT2D eigenvalue weighted by atomic mass is 127. The van der Waals surface area contributed by atoms with Gasteiger partial charge in [0.05, 0.1) is 17.0 Å². The fraction of sp³-hybridized carbons (Fsp3) is 0.733. The Hall–Kier alpha value is -0.460. The van der Waals surface area contributed by atoms with Crippen LogP contribution in [0.4, 0.5) is 0 Å². The number of nitrogens with zero attached hydrogens (tertiary/aromatic N) is 3. The van der Waals surface area contributed by atoms with Crippen molar-refractivity contribution in [2.45, 2.75) is 39.2 Å². The Morgan fingerprint density at radius 3 is 2.68 bits per heavy atom. The van der Waals surface area contributed by atoms with E-state index in [1.807, 2.05) is 6.92 Å². The van der Waals surface area contributed by atoms with Crippen LogP contribution in [-0.4, -0.2) is 62.6 Å². The number of aromatic nitrogens is 1. The second-order valence-electron chi connectivity index (χ2n) is 6.05. The molecule has 25 heavy (non-hydrogen) atoms. The van der Waals surface area contributed by atoms with Crippen LogP contribution in [-0.2, 0) is 16.4 Å². The molecule has 7 nitrogen and oxygen atoms in total. The minimum absolute atomic E-state index is 0. The van der Waals surface area contributed by atoms with Crippen LogP contribution in [0.1, 0.15) is 28.4 Å². The first-order valence-electron chi connectivity index (χ1n) is 8.15. The van der Waals surface area contributed by atoms with E-state index < -0.39 is 10.0 Å². The molecule has 1 aromatic rings. The molecule has 2 heterocycles. The lowest BCUT2D eigenvalue weighted by molar-refractivity contribution is 0.387. The van der Waals surface area contributed by atoms with Crippen LogP contribution in [0.15, 0.2) is 4.99 Å². The Labute approximate surface area is 171 Å². The SMILES string of the molecule is CN=C(NCCc1nc(C)c(C)s1)NC[C@H]1CCCN1S(C)(=O)=O.I. The van der Waals surface area contributed by atoms with Crippen LogP contribution in [0.3, 0.4) is 0 Å². The van der Waals surface area contributed by atoms with Gasteiger partial charge >= 0.3 is 0 Å². The molecule has 144 valence electrons. The van der Waals surface area contributed by atoms with Crippen molar-refractivity contribution in [3.63, 3.8) is 0 Å². The fourth-order valence-electron chi connectivity index (χ4n) is 2.82. The van der Waals surface area contributed by atoms with E-state index in [2.05, 4.69) is 27.5 Å². The Balaban J connectivity index is 0.00000312. The molecule has 0 saturated carbocycles. The monoisotopic (exact) mass is 501 g/mol. The molecule has 1 aromatic heterocycles. The standard InChI is InChI=1S/C15H27N5O2S2.HI/c1-11-12(2)23-14(19-11)7-8-17-15(16-3)18-10-13-6-5-9-20(13)24(4,21)22;/h13H,5-10H2,1-4H3,(H2,16,17,18);1H/t13-;/m1./s1. The van der Waals surface area contributed by atoms with Crippen LogP contribution in [0.5, 0.6) is 0 Å². The number of guanidine groups is 1. The summed E-state index contributed by atoms with van der Waals surface area (Å²) >= 11 is 1.73.